The highest BCUT2D eigenvalue weighted by Crippen LogP contribution is 2.34. The number of nitrogens with one attached hydrogen (secondary N) is 1. The lowest BCUT2D eigenvalue weighted by molar-refractivity contribution is -0.116. The minimum Gasteiger partial charge on any atom is -0.493 e. The van der Waals surface area contributed by atoms with Crippen molar-refractivity contribution in [2.45, 2.75) is 13.5 Å². The number of anilines is 1. The number of para-hydroxylation sites is 2. The summed E-state index contributed by atoms with van der Waals surface area (Å²) in [6, 6.07) is 15.0. The first-order valence-corrected chi connectivity index (χ1v) is 9.48. The molecule has 28 heavy (non-hydrogen) atoms. The van der Waals surface area contributed by atoms with Gasteiger partial charge in [-0.1, -0.05) is 47.7 Å². The molecule has 0 atom stereocenters. The van der Waals surface area contributed by atoms with Crippen LogP contribution in [0.3, 0.4) is 0 Å². The average molecular weight is 391 g/mol. The minimum absolute atomic E-state index is 0.222. The quantitative estimate of drug-likeness (QED) is 0.709. The van der Waals surface area contributed by atoms with E-state index in [9.17, 15) is 14.7 Å². The van der Waals surface area contributed by atoms with Crippen molar-refractivity contribution in [1.82, 2.24) is 4.57 Å². The van der Waals surface area contributed by atoms with Gasteiger partial charge in [-0.05, 0) is 30.7 Å². The maximum Gasteiger partial charge on any atom is 0.311 e. The van der Waals surface area contributed by atoms with Crippen LogP contribution in [0.2, 0.25) is 0 Å². The zero-order chi connectivity index (χ0) is 19.7. The highest BCUT2D eigenvalue weighted by atomic mass is 32.1. The van der Waals surface area contributed by atoms with Crippen LogP contribution in [0.1, 0.15) is 16.0 Å². The Morgan fingerprint density at radius 3 is 2.79 bits per heavy atom. The second-order valence-electron chi connectivity index (χ2n) is 6.38. The van der Waals surface area contributed by atoms with Crippen molar-refractivity contribution < 1.29 is 9.90 Å². The first-order valence-electron chi connectivity index (χ1n) is 8.66. The summed E-state index contributed by atoms with van der Waals surface area (Å²) in [6.07, 6.45) is 3.41. The van der Waals surface area contributed by atoms with Crippen molar-refractivity contribution in [2.24, 2.45) is 4.99 Å². The largest absolute Gasteiger partial charge is 0.493 e. The number of hydrogen-bond acceptors (Lipinski definition) is 5. The number of hydrogen-bond donors (Lipinski definition) is 2. The number of carbonyl (C=O) groups is 1. The SMILES string of the molecule is Cc1ccccc1NC(=O)Cn1c(O)c(/C=C2/C=Nc3ccccc32)sc1=O. The molecule has 140 valence electrons. The van der Waals surface area contributed by atoms with Crippen molar-refractivity contribution in [1.29, 1.82) is 0 Å². The number of aromatic hydroxyl groups is 1. The van der Waals surface area contributed by atoms with E-state index in [0.29, 0.717) is 10.6 Å². The van der Waals surface area contributed by atoms with Gasteiger partial charge < -0.3 is 10.4 Å². The lowest BCUT2D eigenvalue weighted by Crippen LogP contribution is -2.24. The van der Waals surface area contributed by atoms with Crippen LogP contribution in [0, 0.1) is 6.92 Å². The standard InChI is InChI=1S/C21H17N3O3S/c1-13-6-2-4-8-16(13)23-19(25)12-24-20(26)18(28-21(24)27)10-14-11-22-17-9-5-3-7-15(14)17/h2-11,26H,12H2,1H3,(H,23,25)/b14-10-. The molecule has 2 heterocycles. The molecule has 0 aliphatic carbocycles. The second kappa shape index (κ2) is 7.28. The first-order chi connectivity index (χ1) is 13.5. The molecule has 0 spiro atoms. The number of amides is 1. The van der Waals surface area contributed by atoms with Crippen LogP contribution in [-0.2, 0) is 11.3 Å². The zero-order valence-electron chi connectivity index (χ0n) is 15.0. The fourth-order valence-electron chi connectivity index (χ4n) is 2.99. The molecule has 3 aromatic rings. The van der Waals surface area contributed by atoms with Crippen LogP contribution in [0.4, 0.5) is 11.4 Å². The number of aliphatic imine (C=N–C) groups is 1. The van der Waals surface area contributed by atoms with Crippen molar-refractivity contribution in [3.8, 4) is 5.88 Å². The Bertz CT molecular complexity index is 1190. The molecule has 7 heteroatoms. The monoisotopic (exact) mass is 391 g/mol. The fourth-order valence-corrected chi connectivity index (χ4v) is 3.83. The molecule has 0 radical (unpaired) electrons. The number of nitrogens with zero attached hydrogens (tertiary/aromatic N) is 2. The van der Waals surface area contributed by atoms with Gasteiger partial charge in [0, 0.05) is 23.0 Å². The summed E-state index contributed by atoms with van der Waals surface area (Å²) in [6.45, 7) is 1.62. The van der Waals surface area contributed by atoms with Crippen molar-refractivity contribution in [3.05, 3.63) is 74.2 Å². The van der Waals surface area contributed by atoms with Crippen LogP contribution in [-0.4, -0.2) is 21.8 Å². The molecule has 0 unspecified atom stereocenters. The van der Waals surface area contributed by atoms with Gasteiger partial charge in [0.2, 0.25) is 11.8 Å². The van der Waals surface area contributed by atoms with Crippen molar-refractivity contribution in [3.63, 3.8) is 0 Å². The zero-order valence-corrected chi connectivity index (χ0v) is 15.9. The predicted molar refractivity (Wildman–Crippen MR) is 113 cm³/mol. The van der Waals surface area contributed by atoms with Gasteiger partial charge in [-0.25, -0.2) is 0 Å². The van der Waals surface area contributed by atoms with Gasteiger partial charge >= 0.3 is 4.87 Å². The molecule has 1 aromatic heterocycles. The molecule has 2 aromatic carbocycles. The van der Waals surface area contributed by atoms with Gasteiger partial charge in [0.25, 0.3) is 0 Å². The maximum atomic E-state index is 12.3. The molecule has 0 fully saturated rings. The molecule has 6 nitrogen and oxygen atoms in total. The molecular formula is C21H17N3O3S. The number of thiazole rings is 1. The van der Waals surface area contributed by atoms with Crippen LogP contribution < -0.4 is 10.2 Å². The molecule has 4 rings (SSSR count). The Kier molecular flexibility index (Phi) is 4.67. The Labute approximate surface area is 165 Å². The lowest BCUT2D eigenvalue weighted by Gasteiger charge is -2.08. The van der Waals surface area contributed by atoms with Gasteiger partial charge in [-0.15, -0.1) is 0 Å². The van der Waals surface area contributed by atoms with Gasteiger partial charge in [-0.3, -0.25) is 19.1 Å². The molecule has 0 saturated carbocycles. The van der Waals surface area contributed by atoms with Gasteiger partial charge in [0.05, 0.1) is 10.6 Å². The third-order valence-electron chi connectivity index (χ3n) is 4.46. The summed E-state index contributed by atoms with van der Waals surface area (Å²) >= 11 is 0.893. The van der Waals surface area contributed by atoms with E-state index >= 15 is 0 Å². The number of rotatable bonds is 4. The van der Waals surface area contributed by atoms with E-state index in [1.54, 1.807) is 18.4 Å². The van der Waals surface area contributed by atoms with Crippen LogP contribution in [0.5, 0.6) is 5.88 Å². The van der Waals surface area contributed by atoms with E-state index in [4.69, 9.17) is 0 Å². The molecule has 1 amide bonds. The van der Waals surface area contributed by atoms with E-state index in [2.05, 4.69) is 10.3 Å². The minimum atomic E-state index is -0.396. The lowest BCUT2D eigenvalue weighted by atomic mass is 10.1. The van der Waals surface area contributed by atoms with E-state index in [-0.39, 0.29) is 18.3 Å². The molecule has 0 saturated heterocycles. The number of allylic oxidation sites excluding steroid dienone is 1. The Morgan fingerprint density at radius 1 is 1.21 bits per heavy atom. The summed E-state index contributed by atoms with van der Waals surface area (Å²) in [5.74, 6) is -0.600. The highest BCUT2D eigenvalue weighted by Gasteiger charge is 2.18. The van der Waals surface area contributed by atoms with Crippen LogP contribution in [0.15, 0.2) is 58.3 Å². The van der Waals surface area contributed by atoms with Gasteiger partial charge in [0.1, 0.15) is 6.54 Å². The van der Waals surface area contributed by atoms with E-state index in [1.165, 1.54) is 0 Å². The van der Waals surface area contributed by atoms with Crippen LogP contribution in [0.25, 0.3) is 11.6 Å². The maximum absolute atomic E-state index is 12.3. The first kappa shape index (κ1) is 17.9. The van der Waals surface area contributed by atoms with Crippen molar-refractivity contribution in [2.75, 3.05) is 5.32 Å². The molecular weight excluding hydrogens is 374 g/mol. The van der Waals surface area contributed by atoms with Crippen LogP contribution >= 0.6 is 11.3 Å². The molecule has 1 aliphatic heterocycles. The number of benzene rings is 2. The normalized spacial score (nSPS) is 13.7. The molecule has 2 N–H and O–H groups in total. The Morgan fingerprint density at radius 2 is 1.96 bits per heavy atom. The Hall–Kier alpha value is -3.45. The summed E-state index contributed by atoms with van der Waals surface area (Å²) < 4.78 is 1.07. The third-order valence-corrected chi connectivity index (χ3v) is 5.37. The second-order valence-corrected chi connectivity index (χ2v) is 7.37. The smallest absolute Gasteiger partial charge is 0.311 e. The number of fused-ring (bicyclic) bond motifs is 1. The summed E-state index contributed by atoms with van der Waals surface area (Å²) in [4.78, 5) is 29.0. The molecule has 0 bridgehead atoms. The topological polar surface area (TPSA) is 83.7 Å². The summed E-state index contributed by atoms with van der Waals surface area (Å²) in [5, 5.41) is 13.3. The van der Waals surface area contributed by atoms with E-state index in [0.717, 1.165) is 38.3 Å². The van der Waals surface area contributed by atoms with E-state index in [1.807, 2.05) is 49.4 Å². The third kappa shape index (κ3) is 3.39. The Balaban J connectivity index is 1.58. The summed E-state index contributed by atoms with van der Waals surface area (Å²) in [5.41, 5.74) is 4.19. The van der Waals surface area contributed by atoms with Gasteiger partial charge in [0.15, 0.2) is 0 Å². The average Bonchev–Trinajstić information content (AvgIpc) is 3.20. The highest BCUT2D eigenvalue weighted by molar-refractivity contribution is 7.10. The summed E-state index contributed by atoms with van der Waals surface area (Å²) in [7, 11) is 0. The number of carbonyl (C=O) groups excluding carboxylic acids is 1. The number of aromatic nitrogens is 1. The predicted octanol–water partition coefficient (Wildman–Crippen LogP) is 3.82. The number of aryl methyl sites for hydroxylation is 1. The van der Waals surface area contributed by atoms with E-state index < -0.39 is 4.87 Å². The van der Waals surface area contributed by atoms with Gasteiger partial charge in [-0.2, -0.15) is 0 Å². The van der Waals surface area contributed by atoms with Crippen molar-refractivity contribution >= 4 is 46.5 Å². The fraction of sp³-hybridized carbons (Fsp3) is 0.0952. The molecule has 1 aliphatic rings.